The van der Waals surface area contributed by atoms with Crippen LogP contribution in [0, 0.1) is 22.1 Å². The first-order valence-corrected chi connectivity index (χ1v) is 8.10. The maximum absolute atomic E-state index is 13.8. The lowest BCUT2D eigenvalue weighted by molar-refractivity contribution is 0.571. The fraction of sp³-hybridized carbons (Fsp3) is 0.0769. The molecule has 0 aliphatic heterocycles. The SMILES string of the molecule is Cc1cccc(S(=O)(=O)Nc2ccc(F)c(I)c2F)c1. The molecule has 2 aromatic carbocycles. The van der Waals surface area contributed by atoms with Crippen LogP contribution in [0.5, 0.6) is 0 Å². The van der Waals surface area contributed by atoms with E-state index in [1.165, 1.54) is 34.7 Å². The first-order chi connectivity index (χ1) is 9.31. The molecule has 0 unspecified atom stereocenters. The monoisotopic (exact) mass is 409 g/mol. The third-order valence-corrected chi connectivity index (χ3v) is 4.93. The summed E-state index contributed by atoms with van der Waals surface area (Å²) in [7, 11) is -3.90. The molecule has 20 heavy (non-hydrogen) atoms. The maximum atomic E-state index is 13.8. The van der Waals surface area contributed by atoms with Crippen molar-refractivity contribution in [3.05, 3.63) is 57.2 Å². The summed E-state index contributed by atoms with van der Waals surface area (Å²) < 4.78 is 53.1. The summed E-state index contributed by atoms with van der Waals surface area (Å²) in [5, 5.41) is 0. The molecular formula is C13H10F2INO2S. The second-order valence-corrected chi connectivity index (χ2v) is 6.91. The van der Waals surface area contributed by atoms with E-state index in [0.717, 1.165) is 17.7 Å². The predicted molar refractivity (Wildman–Crippen MR) is 81.1 cm³/mol. The highest BCUT2D eigenvalue weighted by atomic mass is 127. The lowest BCUT2D eigenvalue weighted by Crippen LogP contribution is -2.14. The molecule has 0 atom stereocenters. The third kappa shape index (κ3) is 3.09. The average molecular weight is 409 g/mol. The summed E-state index contributed by atoms with van der Waals surface area (Å²) in [5.41, 5.74) is 0.485. The Hall–Kier alpha value is -1.22. The topological polar surface area (TPSA) is 46.2 Å². The minimum absolute atomic E-state index is 0.0243. The number of hydrogen-bond donors (Lipinski definition) is 1. The number of nitrogens with one attached hydrogen (secondary N) is 1. The molecule has 2 rings (SSSR count). The lowest BCUT2D eigenvalue weighted by atomic mass is 10.2. The smallest absolute Gasteiger partial charge is 0.261 e. The van der Waals surface area contributed by atoms with Gasteiger partial charge in [-0.05, 0) is 59.3 Å². The Morgan fingerprint density at radius 2 is 1.85 bits per heavy atom. The van der Waals surface area contributed by atoms with Gasteiger partial charge in [0.1, 0.15) is 5.82 Å². The van der Waals surface area contributed by atoms with Crippen LogP contribution in [0.25, 0.3) is 0 Å². The largest absolute Gasteiger partial charge is 0.277 e. The van der Waals surface area contributed by atoms with Gasteiger partial charge in [-0.25, -0.2) is 17.2 Å². The van der Waals surface area contributed by atoms with Gasteiger partial charge in [-0.2, -0.15) is 0 Å². The molecule has 0 heterocycles. The Morgan fingerprint density at radius 1 is 1.15 bits per heavy atom. The molecule has 2 aromatic rings. The van der Waals surface area contributed by atoms with Crippen LogP contribution < -0.4 is 4.72 Å². The molecule has 0 saturated carbocycles. The molecule has 0 aliphatic carbocycles. The van der Waals surface area contributed by atoms with Gasteiger partial charge >= 0.3 is 0 Å². The van der Waals surface area contributed by atoms with Crippen molar-refractivity contribution in [2.75, 3.05) is 4.72 Å². The molecule has 0 radical (unpaired) electrons. The van der Waals surface area contributed by atoms with Gasteiger partial charge < -0.3 is 0 Å². The zero-order chi connectivity index (χ0) is 14.9. The summed E-state index contributed by atoms with van der Waals surface area (Å²) in [6, 6.07) is 8.28. The highest BCUT2D eigenvalue weighted by Gasteiger charge is 2.18. The van der Waals surface area contributed by atoms with E-state index in [1.54, 1.807) is 19.1 Å². The molecule has 0 bridgehead atoms. The van der Waals surface area contributed by atoms with Crippen molar-refractivity contribution in [1.29, 1.82) is 0 Å². The van der Waals surface area contributed by atoms with E-state index in [1.807, 2.05) is 0 Å². The van der Waals surface area contributed by atoms with E-state index in [2.05, 4.69) is 4.72 Å². The van der Waals surface area contributed by atoms with Crippen LogP contribution in [0.3, 0.4) is 0 Å². The molecule has 1 N–H and O–H groups in total. The molecule has 0 saturated heterocycles. The van der Waals surface area contributed by atoms with Crippen LogP contribution in [0.1, 0.15) is 5.56 Å². The number of hydrogen-bond acceptors (Lipinski definition) is 2. The molecule has 7 heteroatoms. The van der Waals surface area contributed by atoms with Crippen LogP contribution in [0.4, 0.5) is 14.5 Å². The number of halogens is 3. The minimum Gasteiger partial charge on any atom is -0.277 e. The second-order valence-electron chi connectivity index (χ2n) is 4.14. The van der Waals surface area contributed by atoms with Crippen molar-refractivity contribution in [2.24, 2.45) is 0 Å². The number of anilines is 1. The van der Waals surface area contributed by atoms with E-state index in [4.69, 9.17) is 0 Å². The zero-order valence-corrected chi connectivity index (χ0v) is 13.3. The van der Waals surface area contributed by atoms with Crippen LogP contribution in [-0.2, 0) is 10.0 Å². The van der Waals surface area contributed by atoms with Crippen molar-refractivity contribution in [3.63, 3.8) is 0 Å². The quantitative estimate of drug-likeness (QED) is 0.621. The Balaban J connectivity index is 2.41. The fourth-order valence-corrected chi connectivity index (χ4v) is 3.23. The summed E-state index contributed by atoms with van der Waals surface area (Å²) in [4.78, 5) is 0.0243. The van der Waals surface area contributed by atoms with Gasteiger partial charge in [0.15, 0.2) is 5.82 Å². The number of sulfonamides is 1. The van der Waals surface area contributed by atoms with Gasteiger partial charge in [0.25, 0.3) is 10.0 Å². The third-order valence-electron chi connectivity index (χ3n) is 2.58. The van der Waals surface area contributed by atoms with Gasteiger partial charge in [0.2, 0.25) is 0 Å². The van der Waals surface area contributed by atoms with Gasteiger partial charge in [-0.1, -0.05) is 12.1 Å². The normalized spacial score (nSPS) is 11.4. The summed E-state index contributed by atoms with van der Waals surface area (Å²) in [6.45, 7) is 1.75. The molecule has 0 aromatic heterocycles. The van der Waals surface area contributed by atoms with Gasteiger partial charge in [0, 0.05) is 0 Å². The number of aryl methyl sites for hydroxylation is 1. The Kier molecular flexibility index (Phi) is 4.28. The highest BCUT2D eigenvalue weighted by molar-refractivity contribution is 14.1. The van der Waals surface area contributed by atoms with Crippen molar-refractivity contribution in [1.82, 2.24) is 0 Å². The Labute approximate surface area is 129 Å². The standard InChI is InChI=1S/C13H10F2INO2S/c1-8-3-2-4-9(7-8)20(18,19)17-11-6-5-10(14)13(16)12(11)15/h2-7,17H,1H3. The minimum atomic E-state index is -3.90. The first-order valence-electron chi connectivity index (χ1n) is 5.54. The van der Waals surface area contributed by atoms with Gasteiger partial charge in [0.05, 0.1) is 14.2 Å². The van der Waals surface area contributed by atoms with Crippen molar-refractivity contribution >= 4 is 38.3 Å². The van der Waals surface area contributed by atoms with Crippen molar-refractivity contribution < 1.29 is 17.2 Å². The van der Waals surface area contributed by atoms with Crippen LogP contribution in [0.2, 0.25) is 0 Å². The van der Waals surface area contributed by atoms with Gasteiger partial charge in [-0.3, -0.25) is 4.72 Å². The Bertz CT molecular complexity index is 763. The van der Waals surface area contributed by atoms with Crippen LogP contribution in [0.15, 0.2) is 41.3 Å². The van der Waals surface area contributed by atoms with E-state index >= 15 is 0 Å². The first kappa shape index (κ1) is 15.2. The summed E-state index contributed by atoms with van der Waals surface area (Å²) in [6.07, 6.45) is 0. The fourth-order valence-electron chi connectivity index (χ4n) is 1.59. The van der Waals surface area contributed by atoms with Crippen molar-refractivity contribution in [2.45, 2.75) is 11.8 Å². The van der Waals surface area contributed by atoms with E-state index < -0.39 is 21.7 Å². The molecule has 0 aliphatic rings. The zero-order valence-electron chi connectivity index (χ0n) is 10.3. The molecule has 0 amide bonds. The number of rotatable bonds is 3. The molecular weight excluding hydrogens is 399 g/mol. The van der Waals surface area contributed by atoms with E-state index in [9.17, 15) is 17.2 Å². The lowest BCUT2D eigenvalue weighted by Gasteiger charge is -2.10. The predicted octanol–water partition coefficient (Wildman–Crippen LogP) is 3.68. The number of benzene rings is 2. The second kappa shape index (κ2) is 5.65. The Morgan fingerprint density at radius 3 is 2.50 bits per heavy atom. The van der Waals surface area contributed by atoms with Crippen LogP contribution in [-0.4, -0.2) is 8.42 Å². The van der Waals surface area contributed by atoms with Gasteiger partial charge in [-0.15, -0.1) is 0 Å². The van der Waals surface area contributed by atoms with Crippen molar-refractivity contribution in [3.8, 4) is 0 Å². The average Bonchev–Trinajstić information content (AvgIpc) is 2.39. The maximum Gasteiger partial charge on any atom is 0.261 e. The molecule has 3 nitrogen and oxygen atoms in total. The highest BCUT2D eigenvalue weighted by Crippen LogP contribution is 2.25. The molecule has 106 valence electrons. The summed E-state index contributed by atoms with van der Waals surface area (Å²) in [5.74, 6) is -1.66. The molecule has 0 fully saturated rings. The van der Waals surface area contributed by atoms with E-state index in [-0.39, 0.29) is 14.2 Å². The molecule has 0 spiro atoms. The summed E-state index contributed by atoms with van der Waals surface area (Å²) >= 11 is 1.48. The van der Waals surface area contributed by atoms with E-state index in [0.29, 0.717) is 0 Å². The van der Waals surface area contributed by atoms with Crippen LogP contribution >= 0.6 is 22.6 Å².